The first-order chi connectivity index (χ1) is 9.54. The van der Waals surface area contributed by atoms with Crippen molar-refractivity contribution in [1.29, 1.82) is 0 Å². The van der Waals surface area contributed by atoms with Crippen LogP contribution in [0.3, 0.4) is 0 Å². The molecule has 0 aromatic heterocycles. The smallest absolute Gasteiger partial charge is 0.237 e. The molecule has 0 unspecified atom stereocenters. The van der Waals surface area contributed by atoms with E-state index >= 15 is 0 Å². The molecule has 0 bridgehead atoms. The highest BCUT2D eigenvalue weighted by Gasteiger charge is 2.20. The standard InChI is InChI=1S/C15H22N2O2S/c1-11(2)14(16)15(19)17-13(8-18)10-20-9-12-6-4-3-5-7-12/h3-8,11,13-14H,9-10,16H2,1-2H3,(H,17,19)/t13-,14+/m1/s1. The molecule has 110 valence electrons. The fourth-order valence-electron chi connectivity index (χ4n) is 1.57. The second kappa shape index (κ2) is 8.76. The van der Waals surface area contributed by atoms with Crippen LogP contribution in [0.5, 0.6) is 0 Å². The second-order valence-electron chi connectivity index (χ2n) is 5.02. The van der Waals surface area contributed by atoms with Crippen molar-refractivity contribution in [2.75, 3.05) is 5.75 Å². The first-order valence-corrected chi connectivity index (χ1v) is 7.83. The van der Waals surface area contributed by atoms with Gasteiger partial charge in [0, 0.05) is 11.5 Å². The number of carbonyl (C=O) groups excluding carboxylic acids is 2. The topological polar surface area (TPSA) is 72.2 Å². The minimum Gasteiger partial charge on any atom is -0.344 e. The predicted molar refractivity (Wildman–Crippen MR) is 83.4 cm³/mol. The molecule has 2 atom stereocenters. The molecule has 0 saturated carbocycles. The van der Waals surface area contributed by atoms with Crippen LogP contribution in [-0.4, -0.2) is 30.0 Å². The van der Waals surface area contributed by atoms with Gasteiger partial charge in [0.2, 0.25) is 5.91 Å². The summed E-state index contributed by atoms with van der Waals surface area (Å²) in [5.74, 6) is 1.16. The van der Waals surface area contributed by atoms with Gasteiger partial charge in [-0.05, 0) is 11.5 Å². The van der Waals surface area contributed by atoms with Crippen molar-refractivity contribution in [2.45, 2.75) is 31.7 Å². The van der Waals surface area contributed by atoms with Crippen molar-refractivity contribution in [3.8, 4) is 0 Å². The van der Waals surface area contributed by atoms with E-state index in [1.165, 1.54) is 5.56 Å². The number of thioether (sulfide) groups is 1. The maximum Gasteiger partial charge on any atom is 0.237 e. The Hall–Kier alpha value is -1.33. The Morgan fingerprint density at radius 3 is 2.55 bits per heavy atom. The maximum atomic E-state index is 11.8. The van der Waals surface area contributed by atoms with E-state index in [1.54, 1.807) is 11.8 Å². The first kappa shape index (κ1) is 16.7. The Balaban J connectivity index is 2.36. The average Bonchev–Trinajstić information content (AvgIpc) is 2.46. The fraction of sp³-hybridized carbons (Fsp3) is 0.467. The zero-order chi connectivity index (χ0) is 15.0. The molecule has 0 aliphatic rings. The van der Waals surface area contributed by atoms with Gasteiger partial charge in [0.1, 0.15) is 6.29 Å². The molecular formula is C15H22N2O2S. The molecule has 0 aliphatic carbocycles. The predicted octanol–water partition coefficient (Wildman–Crippen LogP) is 1.59. The van der Waals surface area contributed by atoms with Crippen molar-refractivity contribution in [1.82, 2.24) is 5.32 Å². The van der Waals surface area contributed by atoms with Crippen molar-refractivity contribution in [3.05, 3.63) is 35.9 Å². The van der Waals surface area contributed by atoms with E-state index in [1.807, 2.05) is 44.2 Å². The summed E-state index contributed by atoms with van der Waals surface area (Å²) in [7, 11) is 0. The van der Waals surface area contributed by atoms with E-state index in [9.17, 15) is 9.59 Å². The van der Waals surface area contributed by atoms with Gasteiger partial charge in [0.15, 0.2) is 0 Å². The Kier molecular flexibility index (Phi) is 7.33. The summed E-state index contributed by atoms with van der Waals surface area (Å²) in [6.45, 7) is 3.76. The van der Waals surface area contributed by atoms with E-state index < -0.39 is 12.1 Å². The van der Waals surface area contributed by atoms with Gasteiger partial charge >= 0.3 is 0 Å². The quantitative estimate of drug-likeness (QED) is 0.714. The number of aldehydes is 1. The van der Waals surface area contributed by atoms with Crippen molar-refractivity contribution in [3.63, 3.8) is 0 Å². The SMILES string of the molecule is CC(C)[C@H](N)C(=O)N[C@H](C=O)CSCc1ccccc1. The lowest BCUT2D eigenvalue weighted by Gasteiger charge is -2.18. The van der Waals surface area contributed by atoms with E-state index in [0.29, 0.717) is 5.75 Å². The third-order valence-corrected chi connectivity index (χ3v) is 4.05. The summed E-state index contributed by atoms with van der Waals surface area (Å²) >= 11 is 1.61. The summed E-state index contributed by atoms with van der Waals surface area (Å²) in [4.78, 5) is 22.8. The molecule has 0 spiro atoms. The van der Waals surface area contributed by atoms with Crippen LogP contribution in [-0.2, 0) is 15.3 Å². The van der Waals surface area contributed by atoms with Crippen LogP contribution < -0.4 is 11.1 Å². The van der Waals surface area contributed by atoms with Crippen molar-refractivity contribution < 1.29 is 9.59 Å². The molecule has 1 rings (SSSR count). The minimum atomic E-state index is -0.573. The number of benzene rings is 1. The maximum absolute atomic E-state index is 11.8. The Morgan fingerprint density at radius 2 is 2.00 bits per heavy atom. The van der Waals surface area contributed by atoms with E-state index in [4.69, 9.17) is 5.73 Å². The number of hydrogen-bond donors (Lipinski definition) is 2. The zero-order valence-corrected chi connectivity index (χ0v) is 12.7. The van der Waals surface area contributed by atoms with Crippen LogP contribution in [0.4, 0.5) is 0 Å². The number of rotatable bonds is 8. The van der Waals surface area contributed by atoms with Gasteiger partial charge in [-0.15, -0.1) is 0 Å². The van der Waals surface area contributed by atoms with Gasteiger partial charge in [-0.25, -0.2) is 0 Å². The van der Waals surface area contributed by atoms with Crippen LogP contribution >= 0.6 is 11.8 Å². The van der Waals surface area contributed by atoms with Crippen LogP contribution in [0.1, 0.15) is 19.4 Å². The van der Waals surface area contributed by atoms with E-state index in [2.05, 4.69) is 5.32 Å². The molecule has 1 aromatic rings. The fourth-order valence-corrected chi connectivity index (χ4v) is 2.54. The van der Waals surface area contributed by atoms with Gasteiger partial charge in [-0.1, -0.05) is 44.2 Å². The van der Waals surface area contributed by atoms with Crippen LogP contribution in [0, 0.1) is 5.92 Å². The molecule has 0 aliphatic heterocycles. The summed E-state index contributed by atoms with van der Waals surface area (Å²) in [5.41, 5.74) is 6.95. The molecule has 0 radical (unpaired) electrons. The van der Waals surface area contributed by atoms with Crippen molar-refractivity contribution in [2.24, 2.45) is 11.7 Å². The second-order valence-corrected chi connectivity index (χ2v) is 6.05. The number of amides is 1. The number of hydrogen-bond acceptors (Lipinski definition) is 4. The minimum absolute atomic E-state index is 0.0549. The van der Waals surface area contributed by atoms with E-state index in [0.717, 1.165) is 12.0 Å². The summed E-state index contributed by atoms with van der Waals surface area (Å²) in [6.07, 6.45) is 0.767. The molecule has 1 amide bonds. The molecule has 4 nitrogen and oxygen atoms in total. The van der Waals surface area contributed by atoms with Crippen molar-refractivity contribution >= 4 is 24.0 Å². The first-order valence-electron chi connectivity index (χ1n) is 6.67. The summed E-state index contributed by atoms with van der Waals surface area (Å²) in [6, 6.07) is 8.95. The lowest BCUT2D eigenvalue weighted by molar-refractivity contribution is -0.125. The molecule has 5 heteroatoms. The number of nitrogens with one attached hydrogen (secondary N) is 1. The zero-order valence-electron chi connectivity index (χ0n) is 11.9. The average molecular weight is 294 g/mol. The van der Waals surface area contributed by atoms with Crippen LogP contribution in [0.15, 0.2) is 30.3 Å². The summed E-state index contributed by atoms with van der Waals surface area (Å²) < 4.78 is 0. The highest BCUT2D eigenvalue weighted by Crippen LogP contribution is 2.12. The Labute approximate surface area is 124 Å². The Bertz CT molecular complexity index is 423. The lowest BCUT2D eigenvalue weighted by atomic mass is 10.0. The third-order valence-electron chi connectivity index (χ3n) is 2.92. The third kappa shape index (κ3) is 5.75. The van der Waals surface area contributed by atoms with Crippen LogP contribution in [0.2, 0.25) is 0 Å². The Morgan fingerprint density at radius 1 is 1.35 bits per heavy atom. The molecule has 0 saturated heterocycles. The molecule has 20 heavy (non-hydrogen) atoms. The lowest BCUT2D eigenvalue weighted by Crippen LogP contribution is -2.49. The number of carbonyl (C=O) groups is 2. The molecule has 0 fully saturated rings. The van der Waals surface area contributed by atoms with Gasteiger partial charge in [-0.2, -0.15) is 11.8 Å². The van der Waals surface area contributed by atoms with Crippen LogP contribution in [0.25, 0.3) is 0 Å². The van der Waals surface area contributed by atoms with Gasteiger partial charge < -0.3 is 15.8 Å². The molecule has 3 N–H and O–H groups in total. The molecule has 1 aromatic carbocycles. The van der Waals surface area contributed by atoms with Gasteiger partial charge in [0.25, 0.3) is 0 Å². The largest absolute Gasteiger partial charge is 0.344 e. The highest BCUT2D eigenvalue weighted by molar-refractivity contribution is 7.98. The van der Waals surface area contributed by atoms with Gasteiger partial charge in [0.05, 0.1) is 12.1 Å². The molecule has 0 heterocycles. The number of nitrogens with two attached hydrogens (primary N) is 1. The van der Waals surface area contributed by atoms with Gasteiger partial charge in [-0.3, -0.25) is 4.79 Å². The monoisotopic (exact) mass is 294 g/mol. The highest BCUT2D eigenvalue weighted by atomic mass is 32.2. The normalized spacial score (nSPS) is 13.8. The molecular weight excluding hydrogens is 272 g/mol. The van der Waals surface area contributed by atoms with E-state index in [-0.39, 0.29) is 11.8 Å². The summed E-state index contributed by atoms with van der Waals surface area (Å²) in [5, 5.41) is 2.68.